The van der Waals surface area contributed by atoms with Gasteiger partial charge in [0.25, 0.3) is 11.8 Å². The van der Waals surface area contributed by atoms with E-state index in [0.717, 1.165) is 17.0 Å². The lowest BCUT2D eigenvalue weighted by molar-refractivity contribution is -0.137. The van der Waals surface area contributed by atoms with Gasteiger partial charge in [0.1, 0.15) is 22.9 Å². The zero-order valence-corrected chi connectivity index (χ0v) is 16.6. The van der Waals surface area contributed by atoms with E-state index in [9.17, 15) is 27.2 Å². The van der Waals surface area contributed by atoms with Crippen molar-refractivity contribution in [3.63, 3.8) is 0 Å². The molecule has 0 unspecified atom stereocenters. The van der Waals surface area contributed by atoms with E-state index in [1.165, 1.54) is 18.3 Å². The van der Waals surface area contributed by atoms with Gasteiger partial charge in [0.15, 0.2) is 0 Å². The molecule has 0 saturated carbocycles. The summed E-state index contributed by atoms with van der Waals surface area (Å²) in [6, 6.07) is 11.6. The molecule has 0 aliphatic carbocycles. The predicted octanol–water partition coefficient (Wildman–Crippen LogP) is 4.65. The monoisotopic (exact) mass is 452 g/mol. The average Bonchev–Trinajstić information content (AvgIpc) is 3.03. The number of imide groups is 1. The van der Waals surface area contributed by atoms with Crippen LogP contribution < -0.4 is 0 Å². The van der Waals surface area contributed by atoms with Gasteiger partial charge in [-0.15, -0.1) is 0 Å². The van der Waals surface area contributed by atoms with Crippen molar-refractivity contribution in [3.8, 4) is 11.3 Å². The largest absolute Gasteiger partial charge is 0.416 e. The number of benzene rings is 2. The maximum Gasteiger partial charge on any atom is 0.416 e. The number of alkyl halides is 3. The van der Waals surface area contributed by atoms with Crippen LogP contribution in [0, 0.1) is 5.82 Å². The van der Waals surface area contributed by atoms with E-state index < -0.39 is 29.4 Å². The van der Waals surface area contributed by atoms with E-state index >= 15 is 0 Å². The number of amides is 2. The SMILES string of the molecule is O=C1c2ccccc2C(=O)N1Cc1nc(-c2ccc(C(F)(F)F)cc2F)c2ncccc2n1. The molecule has 10 heteroatoms. The van der Waals surface area contributed by atoms with Crippen LogP contribution >= 0.6 is 0 Å². The molecule has 0 atom stereocenters. The maximum absolute atomic E-state index is 14.7. The van der Waals surface area contributed by atoms with Crippen molar-refractivity contribution in [2.45, 2.75) is 12.7 Å². The van der Waals surface area contributed by atoms with E-state index in [1.807, 2.05) is 0 Å². The average molecular weight is 452 g/mol. The zero-order valence-electron chi connectivity index (χ0n) is 16.6. The molecule has 1 aliphatic heterocycles. The van der Waals surface area contributed by atoms with Crippen molar-refractivity contribution in [2.75, 3.05) is 0 Å². The Kier molecular flexibility index (Phi) is 4.66. The smallest absolute Gasteiger partial charge is 0.269 e. The van der Waals surface area contributed by atoms with E-state index in [1.54, 1.807) is 24.3 Å². The zero-order chi connectivity index (χ0) is 23.3. The van der Waals surface area contributed by atoms with Crippen LogP contribution in [0.3, 0.4) is 0 Å². The number of hydrogen-bond donors (Lipinski definition) is 0. The third kappa shape index (κ3) is 3.49. The fourth-order valence-corrected chi connectivity index (χ4v) is 3.68. The van der Waals surface area contributed by atoms with Gasteiger partial charge in [0.05, 0.1) is 28.8 Å². The Hall–Kier alpha value is -4.21. The van der Waals surface area contributed by atoms with Gasteiger partial charge in [-0.25, -0.2) is 14.4 Å². The van der Waals surface area contributed by atoms with Gasteiger partial charge in [0.2, 0.25) is 0 Å². The first-order valence-electron chi connectivity index (χ1n) is 9.68. The van der Waals surface area contributed by atoms with Crippen LogP contribution in [0.25, 0.3) is 22.3 Å². The van der Waals surface area contributed by atoms with Gasteiger partial charge >= 0.3 is 6.18 Å². The molecule has 1 aliphatic rings. The van der Waals surface area contributed by atoms with Gasteiger partial charge in [-0.05, 0) is 42.5 Å². The Balaban J connectivity index is 1.60. The second-order valence-corrected chi connectivity index (χ2v) is 7.29. The standard InChI is InChI=1S/C23H12F4N4O2/c24-16-10-12(23(25,26)27)7-8-15(16)19-20-17(6-3-9-28-20)29-18(30-19)11-31-21(32)13-4-1-2-5-14(13)22(31)33/h1-10H,11H2. The number of carbonyl (C=O) groups excluding carboxylic acids is 2. The fraction of sp³-hybridized carbons (Fsp3) is 0.0870. The Labute approximate surface area is 183 Å². The van der Waals surface area contributed by atoms with E-state index in [4.69, 9.17) is 0 Å². The highest BCUT2D eigenvalue weighted by Gasteiger charge is 2.36. The third-order valence-corrected chi connectivity index (χ3v) is 5.23. The molecular weight excluding hydrogens is 440 g/mol. The van der Waals surface area contributed by atoms with Crippen molar-refractivity contribution in [2.24, 2.45) is 0 Å². The van der Waals surface area contributed by atoms with E-state index in [0.29, 0.717) is 6.07 Å². The topological polar surface area (TPSA) is 76.1 Å². The van der Waals surface area contributed by atoms with Gasteiger partial charge in [-0.2, -0.15) is 13.2 Å². The molecule has 0 saturated heterocycles. The number of pyridine rings is 1. The van der Waals surface area contributed by atoms with Crippen molar-refractivity contribution in [3.05, 3.63) is 89.1 Å². The quantitative estimate of drug-likeness (QED) is 0.334. The van der Waals surface area contributed by atoms with Gasteiger partial charge in [-0.1, -0.05) is 12.1 Å². The van der Waals surface area contributed by atoms with Gasteiger partial charge < -0.3 is 0 Å². The highest BCUT2D eigenvalue weighted by molar-refractivity contribution is 6.21. The van der Waals surface area contributed by atoms with Crippen LogP contribution in [0.5, 0.6) is 0 Å². The lowest BCUT2D eigenvalue weighted by Crippen LogP contribution is -2.30. The van der Waals surface area contributed by atoms with Crippen LogP contribution in [0.15, 0.2) is 60.8 Å². The minimum atomic E-state index is -4.71. The predicted molar refractivity (Wildman–Crippen MR) is 108 cm³/mol. The summed E-state index contributed by atoms with van der Waals surface area (Å²) in [5.41, 5.74) is -0.439. The molecular formula is C23H12F4N4O2. The van der Waals surface area contributed by atoms with Crippen molar-refractivity contribution < 1.29 is 27.2 Å². The Bertz CT molecular complexity index is 1420. The summed E-state index contributed by atoms with van der Waals surface area (Å²) in [5, 5.41) is 0. The molecule has 2 amide bonds. The second kappa shape index (κ2) is 7.44. The molecule has 0 bridgehead atoms. The molecule has 2 aromatic heterocycles. The highest BCUT2D eigenvalue weighted by Crippen LogP contribution is 2.34. The first-order valence-corrected chi connectivity index (χ1v) is 9.68. The number of hydrogen-bond acceptors (Lipinski definition) is 5. The Morgan fingerprint density at radius 2 is 1.55 bits per heavy atom. The number of aromatic nitrogens is 3. The van der Waals surface area contributed by atoms with E-state index in [-0.39, 0.29) is 45.8 Å². The number of rotatable bonds is 3. The molecule has 6 nitrogen and oxygen atoms in total. The minimum absolute atomic E-state index is 0.0132. The van der Waals surface area contributed by atoms with Crippen molar-refractivity contribution in [1.29, 1.82) is 0 Å². The molecule has 3 heterocycles. The van der Waals surface area contributed by atoms with Crippen LogP contribution in [0.2, 0.25) is 0 Å². The first-order chi connectivity index (χ1) is 15.7. The van der Waals surface area contributed by atoms with Crippen LogP contribution in [0.4, 0.5) is 17.6 Å². The number of halogens is 4. The van der Waals surface area contributed by atoms with Crippen LogP contribution in [0.1, 0.15) is 32.1 Å². The molecule has 33 heavy (non-hydrogen) atoms. The second-order valence-electron chi connectivity index (χ2n) is 7.29. The molecule has 4 aromatic rings. The van der Waals surface area contributed by atoms with Crippen molar-refractivity contribution in [1.82, 2.24) is 19.9 Å². The number of fused-ring (bicyclic) bond motifs is 2. The lowest BCUT2D eigenvalue weighted by Gasteiger charge is -2.15. The Morgan fingerprint density at radius 1 is 0.848 bits per heavy atom. The molecule has 5 rings (SSSR count). The summed E-state index contributed by atoms with van der Waals surface area (Å²) in [5.74, 6) is -2.16. The Morgan fingerprint density at radius 3 is 2.18 bits per heavy atom. The molecule has 0 N–H and O–H groups in total. The minimum Gasteiger partial charge on any atom is -0.269 e. The fourth-order valence-electron chi connectivity index (χ4n) is 3.68. The molecule has 0 spiro atoms. The molecule has 0 fully saturated rings. The molecule has 2 aromatic carbocycles. The summed E-state index contributed by atoms with van der Waals surface area (Å²) >= 11 is 0. The lowest BCUT2D eigenvalue weighted by atomic mass is 10.1. The first kappa shape index (κ1) is 20.7. The summed E-state index contributed by atoms with van der Waals surface area (Å²) in [4.78, 5) is 39.1. The summed E-state index contributed by atoms with van der Waals surface area (Å²) < 4.78 is 53.6. The number of carbonyl (C=O) groups is 2. The number of nitrogens with zero attached hydrogens (tertiary/aromatic N) is 4. The summed E-state index contributed by atoms with van der Waals surface area (Å²) in [6.07, 6.45) is -3.29. The van der Waals surface area contributed by atoms with Crippen LogP contribution in [-0.2, 0) is 12.7 Å². The maximum atomic E-state index is 14.7. The molecule has 0 radical (unpaired) electrons. The highest BCUT2D eigenvalue weighted by atomic mass is 19.4. The summed E-state index contributed by atoms with van der Waals surface area (Å²) in [7, 11) is 0. The summed E-state index contributed by atoms with van der Waals surface area (Å²) in [6.45, 7) is -0.299. The third-order valence-electron chi connectivity index (χ3n) is 5.23. The normalized spacial score (nSPS) is 13.6. The van der Waals surface area contributed by atoms with Crippen LogP contribution in [-0.4, -0.2) is 31.7 Å². The van der Waals surface area contributed by atoms with Gasteiger partial charge in [0, 0.05) is 11.8 Å². The van der Waals surface area contributed by atoms with E-state index in [2.05, 4.69) is 15.0 Å². The van der Waals surface area contributed by atoms with Gasteiger partial charge in [-0.3, -0.25) is 19.5 Å². The molecule has 164 valence electrons. The van der Waals surface area contributed by atoms with Crippen molar-refractivity contribution >= 4 is 22.8 Å².